The third kappa shape index (κ3) is 4.02. The van der Waals surface area contributed by atoms with Gasteiger partial charge in [-0.2, -0.15) is 0 Å². The third-order valence-corrected chi connectivity index (χ3v) is 3.67. The second-order valence-corrected chi connectivity index (χ2v) is 5.98. The molecule has 1 aliphatic heterocycles. The number of rotatable bonds is 4. The van der Waals surface area contributed by atoms with Gasteiger partial charge in [-0.1, -0.05) is 11.6 Å². The molecule has 0 aromatic carbocycles. The van der Waals surface area contributed by atoms with Gasteiger partial charge in [0.15, 0.2) is 0 Å². The number of nitrogens with one attached hydrogen (secondary N) is 1. The zero-order chi connectivity index (χ0) is 13.9. The lowest BCUT2D eigenvalue weighted by molar-refractivity contribution is -0.000734. The van der Waals surface area contributed by atoms with Crippen molar-refractivity contribution in [3.63, 3.8) is 0 Å². The molecule has 2 heterocycles. The van der Waals surface area contributed by atoms with Gasteiger partial charge in [-0.3, -0.25) is 0 Å². The Hall–Kier alpha value is -0.930. The molecular weight excluding hydrogens is 294 g/mol. The fourth-order valence-electron chi connectivity index (χ4n) is 1.57. The number of hydrogen-bond acceptors (Lipinski definition) is 6. The number of nitrogens with two attached hydrogens (primary N) is 1. The molecule has 7 nitrogen and oxygen atoms in total. The standard InChI is InChI=1S/C10H14ClN3O4S/c11-9-3-8(19(12,15)16)5-14-10(9)18-6-7-4-13-1-2-17-7/h3,5,7,13H,1-2,4,6H2,(H2,12,15,16). The van der Waals surface area contributed by atoms with E-state index in [2.05, 4.69) is 10.3 Å². The molecule has 0 bridgehead atoms. The van der Waals surface area contributed by atoms with Crippen LogP contribution in [0.25, 0.3) is 0 Å². The fraction of sp³-hybridized carbons (Fsp3) is 0.500. The van der Waals surface area contributed by atoms with Crippen molar-refractivity contribution in [1.82, 2.24) is 10.3 Å². The lowest BCUT2D eigenvalue weighted by atomic mass is 10.3. The highest BCUT2D eigenvalue weighted by molar-refractivity contribution is 7.89. The van der Waals surface area contributed by atoms with Gasteiger partial charge in [0.2, 0.25) is 15.9 Å². The Bertz CT molecular complexity index is 546. The van der Waals surface area contributed by atoms with E-state index in [0.29, 0.717) is 13.2 Å². The summed E-state index contributed by atoms with van der Waals surface area (Å²) in [7, 11) is -3.81. The van der Waals surface area contributed by atoms with Gasteiger partial charge in [0.25, 0.3) is 0 Å². The molecule has 9 heteroatoms. The molecule has 19 heavy (non-hydrogen) atoms. The fourth-order valence-corrected chi connectivity index (χ4v) is 2.34. The highest BCUT2D eigenvalue weighted by Crippen LogP contribution is 2.24. The Morgan fingerprint density at radius 2 is 2.42 bits per heavy atom. The number of pyridine rings is 1. The highest BCUT2D eigenvalue weighted by atomic mass is 35.5. The van der Waals surface area contributed by atoms with Crippen molar-refractivity contribution < 1.29 is 17.9 Å². The van der Waals surface area contributed by atoms with Gasteiger partial charge >= 0.3 is 0 Å². The molecule has 3 N–H and O–H groups in total. The van der Waals surface area contributed by atoms with Crippen LogP contribution in [0, 0.1) is 0 Å². The lowest BCUT2D eigenvalue weighted by Gasteiger charge is -2.23. The first kappa shape index (κ1) is 14.5. The van der Waals surface area contributed by atoms with Crippen LogP contribution in [0.4, 0.5) is 0 Å². The molecule has 1 aromatic heterocycles. The van der Waals surface area contributed by atoms with E-state index in [1.165, 1.54) is 6.07 Å². The maximum atomic E-state index is 11.1. The van der Waals surface area contributed by atoms with Crippen molar-refractivity contribution in [1.29, 1.82) is 0 Å². The zero-order valence-electron chi connectivity index (χ0n) is 10.0. The summed E-state index contributed by atoms with van der Waals surface area (Å²) in [6.07, 6.45) is 1.03. The van der Waals surface area contributed by atoms with Gasteiger partial charge in [-0.05, 0) is 6.07 Å². The normalized spacial score (nSPS) is 20.2. The second-order valence-electron chi connectivity index (χ2n) is 4.01. The zero-order valence-corrected chi connectivity index (χ0v) is 11.6. The van der Waals surface area contributed by atoms with Crippen LogP contribution >= 0.6 is 11.6 Å². The van der Waals surface area contributed by atoms with Crippen LogP contribution < -0.4 is 15.2 Å². The minimum absolute atomic E-state index is 0.0791. The van der Waals surface area contributed by atoms with E-state index >= 15 is 0 Å². The summed E-state index contributed by atoms with van der Waals surface area (Å²) in [4.78, 5) is 3.69. The average molecular weight is 308 g/mol. The van der Waals surface area contributed by atoms with E-state index in [0.717, 1.165) is 12.7 Å². The number of morpholine rings is 1. The van der Waals surface area contributed by atoms with E-state index in [9.17, 15) is 8.42 Å². The molecule has 1 aromatic rings. The molecule has 1 fully saturated rings. The topological polar surface area (TPSA) is 104 Å². The molecule has 0 spiro atoms. The van der Waals surface area contributed by atoms with Crippen LogP contribution in [0.3, 0.4) is 0 Å². The molecule has 1 atom stereocenters. The second kappa shape index (κ2) is 6.02. The first-order valence-corrected chi connectivity index (χ1v) is 7.53. The summed E-state index contributed by atoms with van der Waals surface area (Å²) in [6, 6.07) is 1.21. The maximum absolute atomic E-state index is 11.1. The van der Waals surface area contributed by atoms with Gasteiger partial charge in [-0.15, -0.1) is 0 Å². The molecule has 1 saturated heterocycles. The van der Waals surface area contributed by atoms with Crippen molar-refractivity contribution in [2.75, 3.05) is 26.3 Å². The number of primary sulfonamides is 1. The lowest BCUT2D eigenvalue weighted by Crippen LogP contribution is -2.41. The Morgan fingerprint density at radius 3 is 3.00 bits per heavy atom. The number of nitrogens with zero attached hydrogens (tertiary/aromatic N) is 1. The van der Waals surface area contributed by atoms with Crippen LogP contribution in [-0.4, -0.2) is 45.8 Å². The Balaban J connectivity index is 2.01. The van der Waals surface area contributed by atoms with Gasteiger partial charge < -0.3 is 14.8 Å². The Labute approximate surface area is 116 Å². The quantitative estimate of drug-likeness (QED) is 0.795. The van der Waals surface area contributed by atoms with Gasteiger partial charge in [0.05, 0.1) is 12.8 Å². The monoisotopic (exact) mass is 307 g/mol. The van der Waals surface area contributed by atoms with E-state index in [4.69, 9.17) is 26.2 Å². The molecule has 106 valence electrons. The van der Waals surface area contributed by atoms with Crippen LogP contribution in [0.15, 0.2) is 17.2 Å². The summed E-state index contributed by atoms with van der Waals surface area (Å²) in [5.74, 6) is 0.156. The first-order valence-electron chi connectivity index (χ1n) is 5.60. The van der Waals surface area contributed by atoms with Crippen molar-refractivity contribution in [2.45, 2.75) is 11.0 Å². The number of halogens is 1. The molecular formula is C10H14ClN3O4S. The Morgan fingerprint density at radius 1 is 1.63 bits per heavy atom. The van der Waals surface area contributed by atoms with E-state index < -0.39 is 10.0 Å². The van der Waals surface area contributed by atoms with Crippen LogP contribution in [0.5, 0.6) is 5.88 Å². The molecule has 0 radical (unpaired) electrons. The van der Waals surface area contributed by atoms with E-state index in [1.54, 1.807) is 0 Å². The number of ether oxygens (including phenoxy) is 2. The average Bonchev–Trinajstić information content (AvgIpc) is 2.37. The summed E-state index contributed by atoms with van der Waals surface area (Å²) < 4.78 is 33.1. The summed E-state index contributed by atoms with van der Waals surface area (Å²) >= 11 is 5.89. The number of aromatic nitrogens is 1. The molecule has 0 amide bonds. The van der Waals surface area contributed by atoms with Crippen LogP contribution in [-0.2, 0) is 14.8 Å². The summed E-state index contributed by atoms with van der Waals surface area (Å²) in [5.41, 5.74) is 0. The minimum atomic E-state index is -3.81. The number of hydrogen-bond donors (Lipinski definition) is 2. The SMILES string of the molecule is NS(=O)(=O)c1cnc(OCC2CNCCO2)c(Cl)c1. The Kier molecular flexibility index (Phi) is 4.58. The molecule has 0 saturated carbocycles. The summed E-state index contributed by atoms with van der Waals surface area (Å²) in [6.45, 7) is 2.42. The number of sulfonamides is 1. The van der Waals surface area contributed by atoms with Gasteiger partial charge in [0.1, 0.15) is 22.6 Å². The maximum Gasteiger partial charge on any atom is 0.239 e. The van der Waals surface area contributed by atoms with E-state index in [1.807, 2.05) is 0 Å². The smallest absolute Gasteiger partial charge is 0.239 e. The predicted octanol–water partition coefficient (Wildman–Crippen LogP) is -0.250. The van der Waals surface area contributed by atoms with Crippen molar-refractivity contribution in [3.8, 4) is 5.88 Å². The molecule has 0 aliphatic carbocycles. The first-order chi connectivity index (χ1) is 8.97. The molecule has 1 unspecified atom stereocenters. The van der Waals surface area contributed by atoms with Crippen molar-refractivity contribution in [3.05, 3.63) is 17.3 Å². The summed E-state index contributed by atoms with van der Waals surface area (Å²) in [5, 5.41) is 8.22. The van der Waals surface area contributed by atoms with Crippen LogP contribution in [0.1, 0.15) is 0 Å². The van der Waals surface area contributed by atoms with Gasteiger partial charge in [0, 0.05) is 13.1 Å². The third-order valence-electron chi connectivity index (χ3n) is 2.52. The molecule has 2 rings (SSSR count). The minimum Gasteiger partial charge on any atom is -0.474 e. The van der Waals surface area contributed by atoms with Gasteiger partial charge in [-0.25, -0.2) is 18.5 Å². The van der Waals surface area contributed by atoms with Crippen molar-refractivity contribution >= 4 is 21.6 Å². The predicted molar refractivity (Wildman–Crippen MR) is 68.7 cm³/mol. The highest BCUT2D eigenvalue weighted by Gasteiger charge is 2.16. The largest absolute Gasteiger partial charge is 0.474 e. The van der Waals surface area contributed by atoms with E-state index in [-0.39, 0.29) is 28.5 Å². The molecule has 1 aliphatic rings. The van der Waals surface area contributed by atoms with Crippen molar-refractivity contribution in [2.24, 2.45) is 5.14 Å². The van der Waals surface area contributed by atoms with Crippen LogP contribution in [0.2, 0.25) is 5.02 Å².